The third-order valence-corrected chi connectivity index (χ3v) is 4.42. The van der Waals surface area contributed by atoms with Crippen LogP contribution in [0.4, 0.5) is 0 Å². The minimum absolute atomic E-state index is 0.0227. The number of rotatable bonds is 5. The molecule has 1 fully saturated rings. The molecule has 0 bridgehead atoms. The Bertz CT molecular complexity index is 463. The van der Waals surface area contributed by atoms with Crippen LogP contribution in [0.2, 0.25) is 0 Å². The molecular weight excluding hydrogens is 276 g/mol. The molecule has 0 spiro atoms. The van der Waals surface area contributed by atoms with E-state index in [4.69, 9.17) is 4.74 Å². The lowest BCUT2D eigenvalue weighted by molar-refractivity contribution is 0.0764. The Morgan fingerprint density at radius 2 is 2.30 bits per heavy atom. The van der Waals surface area contributed by atoms with Crippen LogP contribution in [-0.4, -0.2) is 59.3 Å². The molecule has 6 nitrogen and oxygen atoms in total. The fourth-order valence-corrected chi connectivity index (χ4v) is 3.18. The van der Waals surface area contributed by atoms with Gasteiger partial charge in [0.1, 0.15) is 4.88 Å². The van der Waals surface area contributed by atoms with E-state index in [1.54, 1.807) is 7.11 Å². The van der Waals surface area contributed by atoms with Gasteiger partial charge in [-0.2, -0.15) is 0 Å². The maximum Gasteiger partial charge on any atom is 0.265 e. The van der Waals surface area contributed by atoms with Crippen molar-refractivity contribution in [3.05, 3.63) is 10.6 Å². The normalized spacial score (nSPS) is 23.4. The fraction of sp³-hybridized carbons (Fsp3) is 0.769. The Kier molecular flexibility index (Phi) is 5.06. The van der Waals surface area contributed by atoms with E-state index in [-0.39, 0.29) is 24.0 Å². The number of hydrogen-bond acceptors (Lipinski definition) is 6. The van der Waals surface area contributed by atoms with Gasteiger partial charge in [-0.05, 0) is 24.0 Å². The number of carbonyl (C=O) groups is 1. The Morgan fingerprint density at radius 3 is 2.90 bits per heavy atom. The molecule has 20 heavy (non-hydrogen) atoms. The van der Waals surface area contributed by atoms with Crippen molar-refractivity contribution in [1.29, 1.82) is 0 Å². The number of amides is 1. The molecular formula is C13H22N4O2S. The first-order valence-corrected chi connectivity index (χ1v) is 7.72. The zero-order valence-electron chi connectivity index (χ0n) is 12.4. The molecule has 1 amide bonds. The van der Waals surface area contributed by atoms with Crippen molar-refractivity contribution < 1.29 is 9.53 Å². The zero-order chi connectivity index (χ0) is 14.7. The van der Waals surface area contributed by atoms with Crippen LogP contribution in [-0.2, 0) is 4.74 Å². The molecule has 1 saturated heterocycles. The summed E-state index contributed by atoms with van der Waals surface area (Å²) in [4.78, 5) is 15.3. The predicted octanol–water partition coefficient (Wildman–Crippen LogP) is 1.11. The highest BCUT2D eigenvalue weighted by Crippen LogP contribution is 2.20. The maximum atomic E-state index is 12.4. The number of likely N-dealkylation sites (N-methyl/N-ethyl adjacent to an activating group) is 1. The Labute approximate surface area is 123 Å². The predicted molar refractivity (Wildman–Crippen MR) is 78.2 cm³/mol. The van der Waals surface area contributed by atoms with E-state index in [1.165, 1.54) is 0 Å². The zero-order valence-corrected chi connectivity index (χ0v) is 13.2. The van der Waals surface area contributed by atoms with E-state index in [9.17, 15) is 4.79 Å². The van der Waals surface area contributed by atoms with Crippen molar-refractivity contribution in [1.82, 2.24) is 19.8 Å². The van der Waals surface area contributed by atoms with Gasteiger partial charge in [0.05, 0.1) is 17.8 Å². The van der Waals surface area contributed by atoms with Crippen LogP contribution in [0.1, 0.15) is 42.1 Å². The largest absolute Gasteiger partial charge is 0.378 e. The topological polar surface area (TPSA) is 67.4 Å². The van der Waals surface area contributed by atoms with Gasteiger partial charge in [0.25, 0.3) is 5.91 Å². The van der Waals surface area contributed by atoms with Gasteiger partial charge in [-0.15, -0.1) is 5.10 Å². The van der Waals surface area contributed by atoms with E-state index >= 15 is 0 Å². The molecule has 0 aromatic carbocycles. The quantitative estimate of drug-likeness (QED) is 0.882. The van der Waals surface area contributed by atoms with Gasteiger partial charge in [0, 0.05) is 20.2 Å². The number of methoxy groups -OCH3 is 1. The van der Waals surface area contributed by atoms with E-state index in [2.05, 4.69) is 26.7 Å². The molecule has 0 unspecified atom stereocenters. The van der Waals surface area contributed by atoms with Crippen LogP contribution in [0.3, 0.4) is 0 Å². The van der Waals surface area contributed by atoms with E-state index in [1.807, 2.05) is 13.8 Å². The van der Waals surface area contributed by atoms with E-state index < -0.39 is 0 Å². The van der Waals surface area contributed by atoms with Crippen LogP contribution in [0.5, 0.6) is 0 Å². The monoisotopic (exact) mass is 298 g/mol. The molecule has 1 aliphatic heterocycles. The molecule has 0 saturated carbocycles. The molecule has 2 rings (SSSR count). The molecule has 2 heterocycles. The summed E-state index contributed by atoms with van der Waals surface area (Å²) in [7, 11) is 1.69. The van der Waals surface area contributed by atoms with Crippen LogP contribution < -0.4 is 5.32 Å². The van der Waals surface area contributed by atoms with Crippen molar-refractivity contribution in [2.45, 2.75) is 38.8 Å². The molecule has 112 valence electrons. The number of carbonyl (C=O) groups excluding carboxylic acids is 1. The van der Waals surface area contributed by atoms with Crippen molar-refractivity contribution >= 4 is 17.4 Å². The second-order valence-corrected chi connectivity index (χ2v) is 6.10. The smallest absolute Gasteiger partial charge is 0.265 e. The molecule has 0 radical (unpaired) electrons. The maximum absolute atomic E-state index is 12.4. The van der Waals surface area contributed by atoms with Crippen molar-refractivity contribution in [3.63, 3.8) is 0 Å². The summed E-state index contributed by atoms with van der Waals surface area (Å²) < 4.78 is 9.37. The summed E-state index contributed by atoms with van der Waals surface area (Å²) in [5.41, 5.74) is 0.770. The molecule has 2 atom stereocenters. The Balaban J connectivity index is 2.05. The van der Waals surface area contributed by atoms with Gasteiger partial charge in [0.15, 0.2) is 0 Å². The van der Waals surface area contributed by atoms with Gasteiger partial charge in [-0.3, -0.25) is 9.69 Å². The Hall–Kier alpha value is -1.05. The lowest BCUT2D eigenvalue weighted by Gasteiger charge is -2.18. The molecule has 7 heteroatoms. The number of aromatic nitrogens is 2. The van der Waals surface area contributed by atoms with E-state index in [0.717, 1.165) is 36.9 Å². The Morgan fingerprint density at radius 1 is 1.55 bits per heavy atom. The highest BCUT2D eigenvalue weighted by molar-refractivity contribution is 7.08. The number of hydrogen-bond donors (Lipinski definition) is 1. The summed E-state index contributed by atoms with van der Waals surface area (Å²) in [6.07, 6.45) is 0.0438. The second-order valence-electron chi connectivity index (χ2n) is 5.35. The lowest BCUT2D eigenvalue weighted by Crippen LogP contribution is -2.43. The number of nitrogens with one attached hydrogen (secondary N) is 1. The molecule has 1 aliphatic rings. The average molecular weight is 298 g/mol. The third kappa shape index (κ3) is 3.16. The number of nitrogens with zero attached hydrogens (tertiary/aromatic N) is 3. The lowest BCUT2D eigenvalue weighted by atomic mass is 10.1. The van der Waals surface area contributed by atoms with Crippen LogP contribution in [0.25, 0.3) is 0 Å². The van der Waals surface area contributed by atoms with Gasteiger partial charge in [-0.1, -0.05) is 25.3 Å². The minimum atomic E-state index is -0.0892. The van der Waals surface area contributed by atoms with Crippen LogP contribution in [0, 0.1) is 0 Å². The summed E-state index contributed by atoms with van der Waals surface area (Å²) in [5, 5.41) is 7.11. The van der Waals surface area contributed by atoms with Crippen molar-refractivity contribution in [2.75, 3.05) is 26.7 Å². The summed E-state index contributed by atoms with van der Waals surface area (Å²) in [6, 6.07) is 0.0227. The van der Waals surface area contributed by atoms with Crippen molar-refractivity contribution in [3.8, 4) is 0 Å². The summed E-state index contributed by atoms with van der Waals surface area (Å²) >= 11 is 1.16. The highest BCUT2D eigenvalue weighted by atomic mass is 32.1. The van der Waals surface area contributed by atoms with Crippen LogP contribution in [0.15, 0.2) is 0 Å². The average Bonchev–Trinajstić information content (AvgIpc) is 3.04. The summed E-state index contributed by atoms with van der Waals surface area (Å²) in [5.74, 6) is 0.108. The molecule has 0 aliphatic carbocycles. The summed E-state index contributed by atoms with van der Waals surface area (Å²) in [6.45, 7) is 8.78. The SMILES string of the molecule is CCN1C[C@H](NC(=O)c2snnc2C(C)C)[C@@H](OC)C1. The van der Waals surface area contributed by atoms with E-state index in [0.29, 0.717) is 4.88 Å². The third-order valence-electron chi connectivity index (χ3n) is 3.67. The van der Waals surface area contributed by atoms with Gasteiger partial charge >= 0.3 is 0 Å². The first kappa shape index (κ1) is 15.3. The number of likely N-dealkylation sites (tertiary alicyclic amines) is 1. The molecule has 1 aromatic heterocycles. The highest BCUT2D eigenvalue weighted by Gasteiger charge is 2.34. The number of ether oxygens (including phenoxy) is 1. The van der Waals surface area contributed by atoms with Gasteiger partial charge in [0.2, 0.25) is 0 Å². The standard InChI is InChI=1S/C13H22N4O2S/c1-5-17-6-9(10(7-17)19-4)14-13(18)12-11(8(2)3)15-16-20-12/h8-10H,5-7H2,1-4H3,(H,14,18)/t9-,10-/m0/s1. The molecule has 1 N–H and O–H groups in total. The first-order valence-electron chi connectivity index (χ1n) is 6.95. The minimum Gasteiger partial charge on any atom is -0.378 e. The van der Waals surface area contributed by atoms with Gasteiger partial charge < -0.3 is 10.1 Å². The molecule has 1 aromatic rings. The van der Waals surface area contributed by atoms with Gasteiger partial charge in [-0.25, -0.2) is 0 Å². The second kappa shape index (κ2) is 6.60. The fourth-order valence-electron chi connectivity index (χ4n) is 2.45. The first-order chi connectivity index (χ1) is 9.56. The van der Waals surface area contributed by atoms with Crippen molar-refractivity contribution in [2.24, 2.45) is 0 Å². The van der Waals surface area contributed by atoms with Crippen LogP contribution >= 0.6 is 11.5 Å².